The Morgan fingerprint density at radius 2 is 2.06 bits per heavy atom. The first-order chi connectivity index (χ1) is 8.63. The molecule has 1 aliphatic carbocycles. The van der Waals surface area contributed by atoms with Gasteiger partial charge in [-0.25, -0.2) is 0 Å². The monoisotopic (exact) mass is 313 g/mol. The summed E-state index contributed by atoms with van der Waals surface area (Å²) in [6, 6.07) is 0.279. The van der Waals surface area contributed by atoms with Gasteiger partial charge in [-0.2, -0.15) is 5.10 Å². The lowest BCUT2D eigenvalue weighted by molar-refractivity contribution is 0.300. The lowest BCUT2D eigenvalue weighted by Crippen LogP contribution is -2.34. The number of hydrogen-bond donors (Lipinski definition) is 1. The number of halogens is 1. The van der Waals surface area contributed by atoms with Crippen LogP contribution in [0.25, 0.3) is 0 Å². The van der Waals surface area contributed by atoms with Gasteiger partial charge in [-0.15, -0.1) is 0 Å². The molecule has 0 aliphatic heterocycles. The Balaban J connectivity index is 2.06. The number of nitrogens with zero attached hydrogens (tertiary/aromatic N) is 2. The van der Waals surface area contributed by atoms with Gasteiger partial charge < -0.3 is 5.73 Å². The summed E-state index contributed by atoms with van der Waals surface area (Å²) in [6.07, 6.45) is 8.60. The molecule has 1 heterocycles. The number of nitrogens with two attached hydrogens (primary N) is 1. The summed E-state index contributed by atoms with van der Waals surface area (Å²) in [5.41, 5.74) is 8.80. The molecule has 0 spiro atoms. The van der Waals surface area contributed by atoms with Crippen LogP contribution in [0.5, 0.6) is 0 Å². The van der Waals surface area contributed by atoms with E-state index in [-0.39, 0.29) is 6.04 Å². The van der Waals surface area contributed by atoms with Crippen LogP contribution in [0.15, 0.2) is 4.47 Å². The van der Waals surface area contributed by atoms with Gasteiger partial charge in [0.15, 0.2) is 0 Å². The molecule has 0 amide bonds. The molecular weight excluding hydrogens is 290 g/mol. The Labute approximate surface area is 118 Å². The van der Waals surface area contributed by atoms with E-state index < -0.39 is 0 Å². The zero-order chi connectivity index (χ0) is 13.1. The highest BCUT2D eigenvalue weighted by Gasteiger charge is 2.23. The molecule has 0 bridgehead atoms. The van der Waals surface area contributed by atoms with Crippen LogP contribution in [-0.4, -0.2) is 15.8 Å². The van der Waals surface area contributed by atoms with E-state index in [9.17, 15) is 0 Å². The molecule has 1 unspecified atom stereocenters. The largest absolute Gasteiger partial charge is 0.327 e. The molecule has 1 fully saturated rings. The van der Waals surface area contributed by atoms with E-state index in [0.29, 0.717) is 5.92 Å². The van der Waals surface area contributed by atoms with Gasteiger partial charge in [0, 0.05) is 19.5 Å². The highest BCUT2D eigenvalue weighted by Crippen LogP contribution is 2.29. The second-order valence-electron chi connectivity index (χ2n) is 5.45. The summed E-state index contributed by atoms with van der Waals surface area (Å²) >= 11 is 3.68. The molecule has 2 N–H and O–H groups in total. The lowest BCUT2D eigenvalue weighted by atomic mass is 9.82. The van der Waals surface area contributed by atoms with Crippen molar-refractivity contribution >= 4 is 15.9 Å². The minimum Gasteiger partial charge on any atom is -0.327 e. The van der Waals surface area contributed by atoms with Crippen molar-refractivity contribution in [3.8, 4) is 0 Å². The molecule has 102 valence electrons. The molecule has 2 rings (SSSR count). The maximum absolute atomic E-state index is 6.41. The number of hydrogen-bond acceptors (Lipinski definition) is 2. The SMILES string of the molecule is CCc1nn(C)c(CC(N)C2CCCCC2)c1Br. The predicted octanol–water partition coefficient (Wildman–Crippen LogP) is 3.20. The molecular formula is C14H24BrN3. The highest BCUT2D eigenvalue weighted by molar-refractivity contribution is 9.10. The molecule has 1 aromatic rings. The quantitative estimate of drug-likeness (QED) is 0.927. The maximum Gasteiger partial charge on any atom is 0.0766 e. The number of aromatic nitrogens is 2. The Bertz CT molecular complexity index is 394. The lowest BCUT2D eigenvalue weighted by Gasteiger charge is -2.27. The Morgan fingerprint density at radius 3 is 2.61 bits per heavy atom. The molecule has 1 aromatic heterocycles. The van der Waals surface area contributed by atoms with Gasteiger partial charge >= 0.3 is 0 Å². The highest BCUT2D eigenvalue weighted by atomic mass is 79.9. The molecule has 1 saturated carbocycles. The van der Waals surface area contributed by atoms with Crippen molar-refractivity contribution in [2.24, 2.45) is 18.7 Å². The third-order valence-corrected chi connectivity index (χ3v) is 5.10. The van der Waals surface area contributed by atoms with Gasteiger partial charge in [0.2, 0.25) is 0 Å². The van der Waals surface area contributed by atoms with Crippen molar-refractivity contribution in [1.29, 1.82) is 0 Å². The van der Waals surface area contributed by atoms with E-state index in [1.165, 1.54) is 42.3 Å². The fourth-order valence-corrected chi connectivity index (χ4v) is 3.77. The Hall–Kier alpha value is -0.350. The number of rotatable bonds is 4. The molecule has 0 saturated heterocycles. The van der Waals surface area contributed by atoms with Crippen LogP contribution in [0.4, 0.5) is 0 Å². The molecule has 1 aliphatic rings. The molecule has 0 radical (unpaired) electrons. The first-order valence-corrected chi connectivity index (χ1v) is 7.88. The topological polar surface area (TPSA) is 43.8 Å². The van der Waals surface area contributed by atoms with Crippen LogP contribution in [0.2, 0.25) is 0 Å². The normalized spacial score (nSPS) is 19.1. The zero-order valence-corrected chi connectivity index (χ0v) is 13.0. The summed E-state index contributed by atoms with van der Waals surface area (Å²) in [5.74, 6) is 0.700. The van der Waals surface area contributed by atoms with Crippen molar-refractivity contribution in [2.75, 3.05) is 0 Å². The van der Waals surface area contributed by atoms with E-state index in [1.807, 2.05) is 11.7 Å². The van der Waals surface area contributed by atoms with Crippen LogP contribution >= 0.6 is 15.9 Å². The van der Waals surface area contributed by atoms with Gasteiger partial charge in [0.25, 0.3) is 0 Å². The average Bonchev–Trinajstić information content (AvgIpc) is 2.67. The van der Waals surface area contributed by atoms with Crippen LogP contribution in [-0.2, 0) is 19.9 Å². The fourth-order valence-electron chi connectivity index (χ4n) is 2.99. The molecule has 4 heteroatoms. The predicted molar refractivity (Wildman–Crippen MR) is 78.5 cm³/mol. The van der Waals surface area contributed by atoms with Gasteiger partial charge in [-0.1, -0.05) is 26.2 Å². The minimum absolute atomic E-state index is 0.279. The Kier molecular flexibility index (Phi) is 4.84. The van der Waals surface area contributed by atoms with Crippen LogP contribution in [0, 0.1) is 5.92 Å². The van der Waals surface area contributed by atoms with Crippen molar-refractivity contribution in [3.63, 3.8) is 0 Å². The smallest absolute Gasteiger partial charge is 0.0766 e. The summed E-state index contributed by atoms with van der Waals surface area (Å²) in [5, 5.41) is 4.54. The average molecular weight is 314 g/mol. The van der Waals surface area contributed by atoms with E-state index in [4.69, 9.17) is 5.73 Å². The van der Waals surface area contributed by atoms with Crippen molar-refractivity contribution in [1.82, 2.24) is 9.78 Å². The summed E-state index contributed by atoms with van der Waals surface area (Å²) in [4.78, 5) is 0. The van der Waals surface area contributed by atoms with Gasteiger partial charge in [0.05, 0.1) is 15.9 Å². The second-order valence-corrected chi connectivity index (χ2v) is 6.24. The second kappa shape index (κ2) is 6.20. The van der Waals surface area contributed by atoms with Crippen molar-refractivity contribution in [2.45, 2.75) is 57.9 Å². The fraction of sp³-hybridized carbons (Fsp3) is 0.786. The first kappa shape index (κ1) is 14.1. The molecule has 18 heavy (non-hydrogen) atoms. The van der Waals surface area contributed by atoms with Gasteiger partial charge in [0.1, 0.15) is 0 Å². The standard InChI is InChI=1S/C14H24BrN3/c1-3-12-14(15)13(18(2)17-12)9-11(16)10-7-5-4-6-8-10/h10-11H,3-9,16H2,1-2H3. The molecule has 0 aromatic carbocycles. The molecule has 3 nitrogen and oxygen atoms in total. The summed E-state index contributed by atoms with van der Waals surface area (Å²) < 4.78 is 3.16. The maximum atomic E-state index is 6.41. The minimum atomic E-state index is 0.279. The van der Waals surface area contributed by atoms with Gasteiger partial charge in [-0.05, 0) is 41.1 Å². The van der Waals surface area contributed by atoms with Crippen LogP contribution < -0.4 is 5.73 Å². The zero-order valence-electron chi connectivity index (χ0n) is 11.5. The van der Waals surface area contributed by atoms with E-state index in [2.05, 4.69) is 28.0 Å². The first-order valence-electron chi connectivity index (χ1n) is 7.09. The van der Waals surface area contributed by atoms with E-state index >= 15 is 0 Å². The van der Waals surface area contributed by atoms with Crippen LogP contribution in [0.3, 0.4) is 0 Å². The van der Waals surface area contributed by atoms with Gasteiger partial charge in [-0.3, -0.25) is 4.68 Å². The van der Waals surface area contributed by atoms with E-state index in [0.717, 1.165) is 18.5 Å². The third kappa shape index (κ3) is 2.97. The van der Waals surface area contributed by atoms with Crippen molar-refractivity contribution < 1.29 is 0 Å². The Morgan fingerprint density at radius 1 is 1.39 bits per heavy atom. The summed E-state index contributed by atoms with van der Waals surface area (Å²) in [7, 11) is 2.02. The van der Waals surface area contributed by atoms with Crippen molar-refractivity contribution in [3.05, 3.63) is 15.9 Å². The summed E-state index contributed by atoms with van der Waals surface area (Å²) in [6.45, 7) is 2.14. The van der Waals surface area contributed by atoms with Crippen LogP contribution in [0.1, 0.15) is 50.4 Å². The third-order valence-electron chi connectivity index (χ3n) is 4.19. The van der Waals surface area contributed by atoms with E-state index in [1.54, 1.807) is 0 Å². The number of aryl methyl sites for hydroxylation is 2. The molecule has 1 atom stereocenters.